The number of aromatic amines is 1. The van der Waals surface area contributed by atoms with E-state index in [1.807, 2.05) is 24.4 Å². The highest BCUT2D eigenvalue weighted by atomic mass is 15.3. The Hall–Kier alpha value is -2.96. The Balaban J connectivity index is 1.66. The van der Waals surface area contributed by atoms with Gasteiger partial charge in [-0.25, -0.2) is 4.98 Å². The Morgan fingerprint density at radius 3 is 3.09 bits per heavy atom. The molecule has 0 fully saturated rings. The number of likely N-dealkylation sites (N-methyl/N-ethyl adjacent to an activating group) is 1. The molecule has 3 aromatic rings. The molecular weight excluding hydrogens is 278 g/mol. The van der Waals surface area contributed by atoms with Gasteiger partial charge in [0.2, 0.25) is 5.95 Å². The lowest BCUT2D eigenvalue weighted by molar-refractivity contribution is 0.869. The zero-order valence-corrected chi connectivity index (χ0v) is 12.1. The molecule has 7 heteroatoms. The predicted octanol–water partition coefficient (Wildman–Crippen LogP) is 2.34. The van der Waals surface area contributed by atoms with E-state index < -0.39 is 0 Å². The average molecular weight is 293 g/mol. The first kappa shape index (κ1) is 12.8. The molecule has 7 nitrogen and oxygen atoms in total. The van der Waals surface area contributed by atoms with Crippen molar-refractivity contribution in [3.63, 3.8) is 0 Å². The second kappa shape index (κ2) is 5.10. The molecule has 0 radical (unpaired) electrons. The highest BCUT2D eigenvalue weighted by Crippen LogP contribution is 2.25. The van der Waals surface area contributed by atoms with Gasteiger partial charge in [-0.15, -0.1) is 0 Å². The van der Waals surface area contributed by atoms with Crippen LogP contribution in [0.15, 0.2) is 30.5 Å². The molecule has 3 heterocycles. The van der Waals surface area contributed by atoms with E-state index in [1.54, 1.807) is 0 Å². The third-order valence-electron chi connectivity index (χ3n) is 3.67. The normalized spacial score (nSPS) is 13.4. The van der Waals surface area contributed by atoms with Crippen molar-refractivity contribution in [1.82, 2.24) is 25.4 Å². The molecule has 1 aliphatic heterocycles. The topological polar surface area (TPSA) is 82.6 Å². The number of H-pyrrole nitrogens is 1. The largest absolute Gasteiger partial charge is 0.353 e. The summed E-state index contributed by atoms with van der Waals surface area (Å²) in [4.78, 5) is 11.2. The van der Waals surface area contributed by atoms with Gasteiger partial charge in [-0.05, 0) is 25.1 Å². The van der Waals surface area contributed by atoms with Crippen LogP contribution < -0.4 is 10.2 Å². The second-order valence-corrected chi connectivity index (χ2v) is 5.07. The second-order valence-electron chi connectivity index (χ2n) is 5.07. The third kappa shape index (κ3) is 2.16. The van der Waals surface area contributed by atoms with Crippen LogP contribution in [-0.4, -0.2) is 38.5 Å². The summed E-state index contributed by atoms with van der Waals surface area (Å²) in [5, 5.41) is 14.0. The molecule has 2 aromatic heterocycles. The summed E-state index contributed by atoms with van der Waals surface area (Å²) >= 11 is 0. The Kier molecular flexibility index (Phi) is 2.96. The number of aromatic nitrogens is 5. The number of fused-ring (bicyclic) bond motifs is 2. The molecule has 0 amide bonds. The molecule has 4 rings (SSSR count). The molecule has 0 spiro atoms. The molecule has 0 unspecified atom stereocenters. The number of benzene rings is 1. The fourth-order valence-electron chi connectivity index (χ4n) is 2.53. The van der Waals surface area contributed by atoms with Gasteiger partial charge in [-0.3, -0.25) is 0 Å². The summed E-state index contributed by atoms with van der Waals surface area (Å²) in [7, 11) is 0. The molecule has 0 atom stereocenters. The van der Waals surface area contributed by atoms with Gasteiger partial charge in [0, 0.05) is 30.5 Å². The lowest BCUT2D eigenvalue weighted by Gasteiger charge is -2.25. The smallest absolute Gasteiger partial charge is 0.229 e. The molecule has 0 saturated heterocycles. The van der Waals surface area contributed by atoms with Crippen molar-refractivity contribution in [2.45, 2.75) is 6.92 Å². The van der Waals surface area contributed by atoms with Crippen molar-refractivity contribution in [2.75, 3.05) is 23.3 Å². The number of anilines is 3. The number of rotatable bonds is 3. The molecule has 1 aliphatic rings. The van der Waals surface area contributed by atoms with Crippen molar-refractivity contribution in [3.05, 3.63) is 36.0 Å². The van der Waals surface area contributed by atoms with Gasteiger partial charge < -0.3 is 10.2 Å². The van der Waals surface area contributed by atoms with E-state index in [0.29, 0.717) is 5.95 Å². The maximum absolute atomic E-state index is 4.64. The van der Waals surface area contributed by atoms with Crippen molar-refractivity contribution in [1.29, 1.82) is 0 Å². The Morgan fingerprint density at radius 2 is 2.18 bits per heavy atom. The van der Waals surface area contributed by atoms with E-state index in [-0.39, 0.29) is 0 Å². The number of nitrogens with one attached hydrogen (secondary N) is 2. The minimum atomic E-state index is 0.579. The van der Waals surface area contributed by atoms with Crippen molar-refractivity contribution in [2.24, 2.45) is 0 Å². The summed E-state index contributed by atoms with van der Waals surface area (Å²) in [6, 6.07) is 5.75. The molecular formula is C15H15N7. The fourth-order valence-corrected chi connectivity index (χ4v) is 2.53. The van der Waals surface area contributed by atoms with E-state index in [9.17, 15) is 0 Å². The first-order chi connectivity index (χ1) is 10.8. The number of hydrogen-bond acceptors (Lipinski definition) is 6. The Labute approximate surface area is 127 Å². The van der Waals surface area contributed by atoms with E-state index in [1.165, 1.54) is 0 Å². The third-order valence-corrected chi connectivity index (χ3v) is 3.67. The quantitative estimate of drug-likeness (QED) is 0.771. The maximum Gasteiger partial charge on any atom is 0.229 e. The Morgan fingerprint density at radius 1 is 1.27 bits per heavy atom. The molecule has 1 aromatic carbocycles. The van der Waals surface area contributed by atoms with Crippen LogP contribution in [0.1, 0.15) is 12.5 Å². The number of nitrogens with zero attached hydrogens (tertiary/aromatic N) is 5. The molecule has 0 aliphatic carbocycles. The summed E-state index contributed by atoms with van der Waals surface area (Å²) in [6.07, 6.45) is 6.03. The molecule has 110 valence electrons. The molecule has 2 N–H and O–H groups in total. The van der Waals surface area contributed by atoms with E-state index in [4.69, 9.17) is 0 Å². The SMILES string of the molecule is CCN1CC=Cc2cnc(Nc3ccc4n[nH]nc4c3)nc21. The van der Waals surface area contributed by atoms with E-state index >= 15 is 0 Å². The minimum absolute atomic E-state index is 0.579. The van der Waals surface area contributed by atoms with E-state index in [2.05, 4.69) is 54.7 Å². The van der Waals surface area contributed by atoms with Gasteiger partial charge in [0.05, 0.1) is 0 Å². The fraction of sp³-hybridized carbons (Fsp3) is 0.200. The standard InChI is InChI=1S/C15H15N7/c1-2-22-7-3-4-10-9-16-15(18-14(10)22)17-11-5-6-12-13(8-11)20-21-19-12/h3-6,8-9H,2,7H2,1H3,(H,16,17,18)(H,19,20,21). The summed E-state index contributed by atoms with van der Waals surface area (Å²) in [5.41, 5.74) is 3.57. The van der Waals surface area contributed by atoms with Crippen LogP contribution >= 0.6 is 0 Å². The average Bonchev–Trinajstić information content (AvgIpc) is 3.02. The molecule has 0 saturated carbocycles. The van der Waals surface area contributed by atoms with Gasteiger partial charge in [-0.2, -0.15) is 20.4 Å². The molecule has 0 bridgehead atoms. The van der Waals surface area contributed by atoms with Gasteiger partial charge in [0.15, 0.2) is 0 Å². The van der Waals surface area contributed by atoms with Crippen LogP contribution in [-0.2, 0) is 0 Å². The monoisotopic (exact) mass is 293 g/mol. The Bertz CT molecular complexity index is 852. The van der Waals surface area contributed by atoms with Crippen LogP contribution in [0.4, 0.5) is 17.5 Å². The van der Waals surface area contributed by atoms with Gasteiger partial charge >= 0.3 is 0 Å². The van der Waals surface area contributed by atoms with Crippen LogP contribution in [0.2, 0.25) is 0 Å². The summed E-state index contributed by atoms with van der Waals surface area (Å²) in [6.45, 7) is 3.92. The first-order valence-electron chi connectivity index (χ1n) is 7.19. The first-order valence-corrected chi connectivity index (χ1v) is 7.19. The lowest BCUT2D eigenvalue weighted by atomic mass is 10.2. The lowest BCUT2D eigenvalue weighted by Crippen LogP contribution is -2.27. The maximum atomic E-state index is 4.64. The van der Waals surface area contributed by atoms with Crippen LogP contribution in [0.3, 0.4) is 0 Å². The van der Waals surface area contributed by atoms with Crippen molar-refractivity contribution < 1.29 is 0 Å². The predicted molar refractivity (Wildman–Crippen MR) is 86.1 cm³/mol. The zero-order chi connectivity index (χ0) is 14.9. The van der Waals surface area contributed by atoms with Gasteiger partial charge in [-0.1, -0.05) is 12.2 Å². The number of hydrogen-bond donors (Lipinski definition) is 2. The summed E-state index contributed by atoms with van der Waals surface area (Å²) < 4.78 is 0. The van der Waals surface area contributed by atoms with Gasteiger partial charge in [0.25, 0.3) is 0 Å². The van der Waals surface area contributed by atoms with Crippen LogP contribution in [0.25, 0.3) is 17.1 Å². The highest BCUT2D eigenvalue weighted by Gasteiger charge is 2.14. The van der Waals surface area contributed by atoms with Crippen LogP contribution in [0, 0.1) is 0 Å². The highest BCUT2D eigenvalue weighted by molar-refractivity contribution is 5.79. The van der Waals surface area contributed by atoms with Crippen molar-refractivity contribution in [3.8, 4) is 0 Å². The van der Waals surface area contributed by atoms with Crippen molar-refractivity contribution >= 4 is 34.6 Å². The molecule has 22 heavy (non-hydrogen) atoms. The minimum Gasteiger partial charge on any atom is -0.353 e. The summed E-state index contributed by atoms with van der Waals surface area (Å²) in [5.74, 6) is 1.54. The van der Waals surface area contributed by atoms with E-state index in [0.717, 1.165) is 41.2 Å². The van der Waals surface area contributed by atoms with Crippen LogP contribution in [0.5, 0.6) is 0 Å². The van der Waals surface area contributed by atoms with Gasteiger partial charge in [0.1, 0.15) is 16.9 Å². The zero-order valence-electron chi connectivity index (χ0n) is 12.1.